The number of aromatic nitrogens is 1. The van der Waals surface area contributed by atoms with E-state index in [4.69, 9.17) is 4.74 Å². The highest BCUT2D eigenvalue weighted by atomic mass is 32.2. The quantitative estimate of drug-likeness (QED) is 0.638. The van der Waals surface area contributed by atoms with Gasteiger partial charge in [-0.15, -0.1) is 0 Å². The molecule has 1 aromatic heterocycles. The number of nitrogens with zero attached hydrogens (tertiary/aromatic N) is 2. The highest BCUT2D eigenvalue weighted by Crippen LogP contribution is 2.25. The van der Waals surface area contributed by atoms with Gasteiger partial charge in [0.25, 0.3) is 5.91 Å². The molecule has 8 heteroatoms. The van der Waals surface area contributed by atoms with Crippen molar-refractivity contribution in [2.75, 3.05) is 20.0 Å². The Bertz CT molecular complexity index is 1200. The fourth-order valence-corrected chi connectivity index (χ4v) is 4.78. The van der Waals surface area contributed by atoms with Gasteiger partial charge in [-0.25, -0.2) is 8.42 Å². The molecule has 0 fully saturated rings. The molecule has 28 heavy (non-hydrogen) atoms. The molecule has 0 aliphatic heterocycles. The predicted molar refractivity (Wildman–Crippen MR) is 111 cm³/mol. The summed E-state index contributed by atoms with van der Waals surface area (Å²) in [6.45, 7) is 5.16. The Labute approximate surface area is 168 Å². The molecule has 0 spiro atoms. The lowest BCUT2D eigenvalue weighted by Crippen LogP contribution is -2.19. The van der Waals surface area contributed by atoms with Crippen LogP contribution >= 0.6 is 11.3 Å². The van der Waals surface area contributed by atoms with Crippen LogP contribution in [0, 0.1) is 13.8 Å². The van der Waals surface area contributed by atoms with Gasteiger partial charge in [0.05, 0.1) is 21.7 Å². The molecule has 0 N–H and O–H groups in total. The summed E-state index contributed by atoms with van der Waals surface area (Å²) < 4.78 is 31.5. The van der Waals surface area contributed by atoms with Gasteiger partial charge < -0.3 is 9.30 Å². The molecule has 0 aliphatic carbocycles. The van der Waals surface area contributed by atoms with Crippen molar-refractivity contribution in [3.63, 3.8) is 0 Å². The molecule has 0 unspecified atom stereocenters. The highest BCUT2D eigenvalue weighted by Gasteiger charge is 2.13. The van der Waals surface area contributed by atoms with E-state index in [2.05, 4.69) is 17.1 Å². The summed E-state index contributed by atoms with van der Waals surface area (Å²) in [7, 11) is -1.67. The molecule has 3 rings (SSSR count). The molecule has 0 atom stereocenters. The zero-order chi connectivity index (χ0) is 20.5. The fraction of sp³-hybridized carbons (Fsp3) is 0.300. The van der Waals surface area contributed by atoms with Crippen LogP contribution in [0.1, 0.15) is 21.5 Å². The van der Waals surface area contributed by atoms with Gasteiger partial charge in [-0.3, -0.25) is 4.79 Å². The number of hydrogen-bond acceptors (Lipinski definition) is 5. The minimum Gasteiger partial charge on any atom is -0.383 e. The maximum Gasteiger partial charge on any atom is 0.279 e. The molecule has 0 bridgehead atoms. The first-order valence-corrected chi connectivity index (χ1v) is 11.4. The molecular weight excluding hydrogens is 396 g/mol. The van der Waals surface area contributed by atoms with Crippen LogP contribution in [0.4, 0.5) is 0 Å². The van der Waals surface area contributed by atoms with E-state index < -0.39 is 15.7 Å². The minimum atomic E-state index is -3.31. The summed E-state index contributed by atoms with van der Waals surface area (Å²) in [4.78, 5) is 17.8. The van der Waals surface area contributed by atoms with Gasteiger partial charge >= 0.3 is 0 Å². The van der Waals surface area contributed by atoms with Gasteiger partial charge in [-0.05, 0) is 49.2 Å². The number of methoxy groups -OCH3 is 1. The molecule has 0 saturated heterocycles. The van der Waals surface area contributed by atoms with Gasteiger partial charge in [0.2, 0.25) is 0 Å². The lowest BCUT2D eigenvalue weighted by atomic mass is 10.1. The summed E-state index contributed by atoms with van der Waals surface area (Å²) in [5.41, 5.74) is 3.64. The van der Waals surface area contributed by atoms with E-state index in [0.717, 1.165) is 27.6 Å². The summed E-state index contributed by atoms with van der Waals surface area (Å²) in [5.74, 6) is -0.409. The second-order valence-corrected chi connectivity index (χ2v) is 9.61. The lowest BCUT2D eigenvalue weighted by molar-refractivity contribution is 0.0997. The van der Waals surface area contributed by atoms with Crippen LogP contribution < -0.4 is 4.80 Å². The number of aryl methyl sites for hydroxylation is 2. The SMILES string of the molecule is COCCn1c(=NC(=O)c2ccc(S(C)(=O)=O)cc2)sc2c(C)ccc(C)c21. The number of ether oxygens (including phenoxy) is 1. The highest BCUT2D eigenvalue weighted by molar-refractivity contribution is 7.90. The van der Waals surface area contributed by atoms with Crippen LogP contribution in [-0.2, 0) is 21.1 Å². The van der Waals surface area contributed by atoms with Crippen molar-refractivity contribution in [2.45, 2.75) is 25.3 Å². The van der Waals surface area contributed by atoms with Crippen LogP contribution in [0.2, 0.25) is 0 Å². The first-order valence-electron chi connectivity index (χ1n) is 8.70. The average molecular weight is 419 g/mol. The molecule has 3 aromatic rings. The van der Waals surface area contributed by atoms with Crippen LogP contribution in [0.5, 0.6) is 0 Å². The van der Waals surface area contributed by atoms with Crippen LogP contribution in [-0.4, -0.2) is 38.9 Å². The van der Waals surface area contributed by atoms with Crippen molar-refractivity contribution in [2.24, 2.45) is 4.99 Å². The first kappa shape index (κ1) is 20.4. The van der Waals surface area contributed by atoms with E-state index in [-0.39, 0.29) is 4.90 Å². The Morgan fingerprint density at radius 3 is 2.36 bits per heavy atom. The van der Waals surface area contributed by atoms with Crippen molar-refractivity contribution in [3.05, 3.63) is 57.9 Å². The predicted octanol–water partition coefficient (Wildman–Crippen LogP) is 3.11. The number of sulfone groups is 1. The largest absolute Gasteiger partial charge is 0.383 e. The zero-order valence-electron chi connectivity index (χ0n) is 16.2. The number of carbonyl (C=O) groups is 1. The van der Waals surface area contributed by atoms with Gasteiger partial charge in [-0.1, -0.05) is 23.5 Å². The normalized spacial score (nSPS) is 12.6. The molecule has 148 valence electrons. The zero-order valence-corrected chi connectivity index (χ0v) is 17.9. The third-order valence-corrected chi connectivity index (χ3v) is 6.81. The van der Waals surface area contributed by atoms with Gasteiger partial charge in [0, 0.05) is 25.5 Å². The van der Waals surface area contributed by atoms with E-state index in [9.17, 15) is 13.2 Å². The monoisotopic (exact) mass is 418 g/mol. The molecule has 1 heterocycles. The van der Waals surface area contributed by atoms with Crippen molar-refractivity contribution in [3.8, 4) is 0 Å². The van der Waals surface area contributed by atoms with E-state index in [1.165, 1.54) is 35.6 Å². The maximum absolute atomic E-state index is 12.7. The lowest BCUT2D eigenvalue weighted by Gasteiger charge is -2.07. The first-order chi connectivity index (χ1) is 13.2. The third-order valence-electron chi connectivity index (χ3n) is 4.47. The van der Waals surface area contributed by atoms with Gasteiger partial charge in [0.1, 0.15) is 0 Å². The Morgan fingerprint density at radius 2 is 1.75 bits per heavy atom. The van der Waals surface area contributed by atoms with Gasteiger partial charge in [0.15, 0.2) is 14.6 Å². The second-order valence-electron chi connectivity index (χ2n) is 6.62. The van der Waals surface area contributed by atoms with Crippen LogP contribution in [0.25, 0.3) is 10.2 Å². The fourth-order valence-electron chi connectivity index (χ4n) is 2.95. The molecular formula is C20H22N2O4S2. The Morgan fingerprint density at radius 1 is 1.11 bits per heavy atom. The molecule has 1 amide bonds. The third kappa shape index (κ3) is 4.09. The Balaban J connectivity index is 2.11. The van der Waals surface area contributed by atoms with E-state index in [1.54, 1.807) is 7.11 Å². The van der Waals surface area contributed by atoms with Crippen LogP contribution in [0.3, 0.4) is 0 Å². The van der Waals surface area contributed by atoms with E-state index >= 15 is 0 Å². The standard InChI is InChI=1S/C20H22N2O4S2/c1-13-5-6-14(2)18-17(13)22(11-12-26-3)20(27-18)21-19(23)15-7-9-16(10-8-15)28(4,24)25/h5-10H,11-12H2,1-4H3. The summed E-state index contributed by atoms with van der Waals surface area (Å²) >= 11 is 1.47. The molecule has 0 saturated carbocycles. The second kappa shape index (κ2) is 7.98. The summed E-state index contributed by atoms with van der Waals surface area (Å²) in [5, 5.41) is 0. The number of hydrogen-bond donors (Lipinski definition) is 0. The van der Waals surface area contributed by atoms with E-state index in [0.29, 0.717) is 23.5 Å². The number of thiazole rings is 1. The Hall–Kier alpha value is -2.29. The van der Waals surface area contributed by atoms with Crippen molar-refractivity contribution < 1.29 is 17.9 Å². The number of rotatable bonds is 5. The minimum absolute atomic E-state index is 0.173. The number of benzene rings is 2. The smallest absolute Gasteiger partial charge is 0.279 e. The molecule has 0 aliphatic rings. The van der Waals surface area contributed by atoms with Crippen molar-refractivity contribution >= 4 is 37.3 Å². The topological polar surface area (TPSA) is 77.7 Å². The van der Waals surface area contributed by atoms with Gasteiger partial charge in [-0.2, -0.15) is 4.99 Å². The number of carbonyl (C=O) groups excluding carboxylic acids is 1. The summed E-state index contributed by atoms with van der Waals surface area (Å²) in [6, 6.07) is 9.96. The maximum atomic E-state index is 12.7. The van der Waals surface area contributed by atoms with Crippen molar-refractivity contribution in [1.29, 1.82) is 0 Å². The average Bonchev–Trinajstić information content (AvgIpc) is 3.01. The molecule has 6 nitrogen and oxygen atoms in total. The molecule has 2 aromatic carbocycles. The summed E-state index contributed by atoms with van der Waals surface area (Å²) in [6.07, 6.45) is 1.13. The van der Waals surface area contributed by atoms with E-state index in [1.807, 2.05) is 18.4 Å². The van der Waals surface area contributed by atoms with Crippen molar-refractivity contribution in [1.82, 2.24) is 4.57 Å². The Kier molecular flexibility index (Phi) is 5.83. The molecule has 0 radical (unpaired) electrons. The number of amides is 1. The van der Waals surface area contributed by atoms with Crippen LogP contribution in [0.15, 0.2) is 46.3 Å². The number of fused-ring (bicyclic) bond motifs is 1.